The Morgan fingerprint density at radius 2 is 1.80 bits per heavy atom. The number of nitrogens with one attached hydrogen (secondary N) is 1. The minimum absolute atomic E-state index is 0.560. The van der Waals surface area contributed by atoms with E-state index in [2.05, 4.69) is 20.2 Å². The van der Waals surface area contributed by atoms with Crippen molar-refractivity contribution < 1.29 is 4.42 Å². The van der Waals surface area contributed by atoms with Gasteiger partial charge in [-0.15, -0.1) is 5.10 Å². The number of halogens is 1. The minimum Gasteiger partial charge on any atom is -0.440 e. The van der Waals surface area contributed by atoms with Crippen LogP contribution in [0.4, 0.5) is 0 Å². The topological polar surface area (TPSA) is 67.6 Å². The van der Waals surface area contributed by atoms with Gasteiger partial charge in [-0.3, -0.25) is 5.10 Å². The first-order valence-electron chi connectivity index (χ1n) is 7.59. The van der Waals surface area contributed by atoms with Crippen LogP contribution in [0, 0.1) is 0 Å². The molecule has 2 aromatic carbocycles. The van der Waals surface area contributed by atoms with E-state index in [0.29, 0.717) is 27.6 Å². The molecule has 0 atom stereocenters. The van der Waals surface area contributed by atoms with Crippen LogP contribution in [-0.4, -0.2) is 20.2 Å². The van der Waals surface area contributed by atoms with Gasteiger partial charge in [-0.1, -0.05) is 53.7 Å². The average molecular weight is 369 g/mol. The van der Waals surface area contributed by atoms with Gasteiger partial charge in [0, 0.05) is 16.1 Å². The maximum absolute atomic E-state index is 5.90. The summed E-state index contributed by atoms with van der Waals surface area (Å²) in [5.74, 6) is 2.66. The lowest BCUT2D eigenvalue weighted by Gasteiger charge is -1.95. The number of thioether (sulfide) groups is 1. The molecule has 0 bridgehead atoms. The number of benzene rings is 2. The summed E-state index contributed by atoms with van der Waals surface area (Å²) in [6, 6.07) is 17.3. The molecule has 0 radical (unpaired) electrons. The Balaban J connectivity index is 1.42. The molecule has 0 aliphatic carbocycles. The van der Waals surface area contributed by atoms with E-state index in [1.165, 1.54) is 11.8 Å². The maximum atomic E-state index is 5.90. The summed E-state index contributed by atoms with van der Waals surface area (Å²) >= 11 is 7.37. The Morgan fingerprint density at radius 3 is 2.60 bits per heavy atom. The smallest absolute Gasteiger partial charge is 0.209 e. The molecular formula is C18H13ClN4OS. The van der Waals surface area contributed by atoms with Crippen molar-refractivity contribution in [2.24, 2.45) is 0 Å². The molecule has 2 heterocycles. The van der Waals surface area contributed by atoms with E-state index in [1.807, 2.05) is 54.6 Å². The first-order chi connectivity index (χ1) is 12.3. The van der Waals surface area contributed by atoms with Crippen LogP contribution in [0.2, 0.25) is 5.02 Å². The van der Waals surface area contributed by atoms with Crippen molar-refractivity contribution in [3.05, 3.63) is 71.7 Å². The molecule has 0 saturated heterocycles. The van der Waals surface area contributed by atoms with Crippen LogP contribution < -0.4 is 0 Å². The standard InChI is InChI=1S/C18H13ClN4OS/c19-14-8-6-13(7-9-14)17-21-18(23-22-17)25-11-16-20-10-15(24-16)12-4-2-1-3-5-12/h1-10H,11H2,(H,21,22,23). The third kappa shape index (κ3) is 3.75. The van der Waals surface area contributed by atoms with Gasteiger partial charge in [-0.25, -0.2) is 9.97 Å². The maximum Gasteiger partial charge on any atom is 0.209 e. The molecule has 2 aromatic heterocycles. The molecule has 124 valence electrons. The summed E-state index contributed by atoms with van der Waals surface area (Å²) in [6.45, 7) is 0. The molecule has 0 spiro atoms. The highest BCUT2D eigenvalue weighted by molar-refractivity contribution is 7.98. The van der Waals surface area contributed by atoms with Crippen LogP contribution in [0.1, 0.15) is 5.89 Å². The molecule has 4 aromatic rings. The predicted octanol–water partition coefficient (Wildman–Crippen LogP) is 5.07. The van der Waals surface area contributed by atoms with Gasteiger partial charge in [0.25, 0.3) is 0 Å². The monoisotopic (exact) mass is 368 g/mol. The molecule has 0 aliphatic heterocycles. The van der Waals surface area contributed by atoms with E-state index in [4.69, 9.17) is 16.0 Å². The van der Waals surface area contributed by atoms with Crippen LogP contribution in [0.25, 0.3) is 22.7 Å². The summed E-state index contributed by atoms with van der Waals surface area (Å²) in [5, 5.41) is 8.49. The third-order valence-electron chi connectivity index (χ3n) is 3.52. The van der Waals surface area contributed by atoms with Crippen LogP contribution in [-0.2, 0) is 5.75 Å². The van der Waals surface area contributed by atoms with Crippen molar-refractivity contribution >= 4 is 23.4 Å². The SMILES string of the molecule is Clc1ccc(-c2nc(SCc3ncc(-c4ccccc4)o3)n[nH]2)cc1. The molecule has 0 unspecified atom stereocenters. The van der Waals surface area contributed by atoms with Gasteiger partial charge in [0.05, 0.1) is 11.9 Å². The second-order valence-electron chi connectivity index (χ2n) is 5.25. The largest absolute Gasteiger partial charge is 0.440 e. The number of oxazole rings is 1. The lowest BCUT2D eigenvalue weighted by atomic mass is 10.2. The Bertz CT molecular complexity index is 966. The normalized spacial score (nSPS) is 10.9. The molecule has 0 aliphatic rings. The fourth-order valence-corrected chi connectivity index (χ4v) is 3.07. The van der Waals surface area contributed by atoms with Gasteiger partial charge >= 0.3 is 0 Å². The number of H-pyrrole nitrogens is 1. The molecule has 0 fully saturated rings. The predicted molar refractivity (Wildman–Crippen MR) is 98.3 cm³/mol. The molecule has 4 rings (SSSR count). The Hall–Kier alpha value is -2.57. The summed E-state index contributed by atoms with van der Waals surface area (Å²) in [7, 11) is 0. The van der Waals surface area contributed by atoms with Crippen molar-refractivity contribution in [2.45, 2.75) is 10.9 Å². The number of nitrogens with zero attached hydrogens (tertiary/aromatic N) is 3. The van der Waals surface area contributed by atoms with E-state index in [-0.39, 0.29) is 0 Å². The zero-order chi connectivity index (χ0) is 17.1. The van der Waals surface area contributed by atoms with E-state index >= 15 is 0 Å². The number of aromatic amines is 1. The molecule has 0 amide bonds. The number of aromatic nitrogens is 4. The molecule has 1 N–H and O–H groups in total. The second-order valence-corrected chi connectivity index (χ2v) is 6.63. The van der Waals surface area contributed by atoms with Crippen LogP contribution in [0.15, 0.2) is 70.4 Å². The average Bonchev–Trinajstić information content (AvgIpc) is 3.31. The highest BCUT2D eigenvalue weighted by atomic mass is 35.5. The zero-order valence-electron chi connectivity index (χ0n) is 13.0. The molecule has 0 saturated carbocycles. The van der Waals surface area contributed by atoms with Gasteiger partial charge in [0.1, 0.15) is 0 Å². The summed E-state index contributed by atoms with van der Waals surface area (Å²) in [4.78, 5) is 8.79. The first-order valence-corrected chi connectivity index (χ1v) is 8.95. The van der Waals surface area contributed by atoms with Gasteiger partial charge in [-0.05, 0) is 24.3 Å². The Kier molecular flexibility index (Phi) is 4.54. The van der Waals surface area contributed by atoms with Crippen LogP contribution in [0.3, 0.4) is 0 Å². The fraction of sp³-hybridized carbons (Fsp3) is 0.0556. The number of rotatable bonds is 5. The summed E-state index contributed by atoms with van der Waals surface area (Å²) < 4.78 is 5.78. The van der Waals surface area contributed by atoms with Gasteiger partial charge in [0.2, 0.25) is 11.0 Å². The first kappa shape index (κ1) is 15.9. The zero-order valence-corrected chi connectivity index (χ0v) is 14.6. The quantitative estimate of drug-likeness (QED) is 0.498. The van der Waals surface area contributed by atoms with E-state index in [1.54, 1.807) is 6.20 Å². The van der Waals surface area contributed by atoms with Gasteiger partial charge in [0.15, 0.2) is 11.6 Å². The van der Waals surface area contributed by atoms with Crippen molar-refractivity contribution in [3.63, 3.8) is 0 Å². The lowest BCUT2D eigenvalue weighted by molar-refractivity contribution is 0.530. The van der Waals surface area contributed by atoms with Crippen LogP contribution in [0.5, 0.6) is 0 Å². The van der Waals surface area contributed by atoms with Crippen LogP contribution >= 0.6 is 23.4 Å². The summed E-state index contributed by atoms with van der Waals surface area (Å²) in [5.41, 5.74) is 1.94. The van der Waals surface area contributed by atoms with E-state index < -0.39 is 0 Å². The fourth-order valence-electron chi connectivity index (χ4n) is 2.29. The number of hydrogen-bond acceptors (Lipinski definition) is 5. The molecule has 5 nitrogen and oxygen atoms in total. The van der Waals surface area contributed by atoms with Crippen molar-refractivity contribution in [3.8, 4) is 22.7 Å². The highest BCUT2D eigenvalue weighted by Gasteiger charge is 2.10. The third-order valence-corrected chi connectivity index (χ3v) is 4.60. The molecule has 7 heteroatoms. The summed E-state index contributed by atoms with van der Waals surface area (Å²) in [6.07, 6.45) is 1.74. The van der Waals surface area contributed by atoms with E-state index in [9.17, 15) is 0 Å². The van der Waals surface area contributed by atoms with Gasteiger partial charge in [-0.2, -0.15) is 0 Å². The van der Waals surface area contributed by atoms with Crippen molar-refractivity contribution in [2.75, 3.05) is 0 Å². The second kappa shape index (κ2) is 7.13. The van der Waals surface area contributed by atoms with Crippen molar-refractivity contribution in [1.82, 2.24) is 20.2 Å². The molecule has 25 heavy (non-hydrogen) atoms. The van der Waals surface area contributed by atoms with E-state index in [0.717, 1.165) is 16.9 Å². The van der Waals surface area contributed by atoms with Crippen molar-refractivity contribution in [1.29, 1.82) is 0 Å². The minimum atomic E-state index is 0.560. The van der Waals surface area contributed by atoms with Gasteiger partial charge < -0.3 is 4.42 Å². The lowest BCUT2D eigenvalue weighted by Crippen LogP contribution is -1.82. The highest BCUT2D eigenvalue weighted by Crippen LogP contribution is 2.25. The Labute approximate surface area is 153 Å². The number of hydrogen-bond donors (Lipinski definition) is 1. The Morgan fingerprint density at radius 1 is 1.00 bits per heavy atom. The molecular weight excluding hydrogens is 356 g/mol.